The van der Waals surface area contributed by atoms with E-state index < -0.39 is 30.3 Å². The van der Waals surface area contributed by atoms with Gasteiger partial charge in [0.25, 0.3) is 5.91 Å². The molecule has 2 aromatic rings. The number of rotatable bonds is 6. The molecule has 120 valence electrons. The molecule has 23 heavy (non-hydrogen) atoms. The Balaban J connectivity index is 2.21. The molecule has 1 atom stereocenters. The molecule has 0 bridgehead atoms. The zero-order chi connectivity index (χ0) is 16.8. The first-order valence-electron chi connectivity index (χ1n) is 7.20. The molecule has 0 aromatic heterocycles. The SMILES string of the molecule is CCOC(=O)C[C@@H](NC(=O)c1cccc2ccccc12)C(=O)O. The Bertz CT molecular complexity index is 735. The molecule has 0 aliphatic rings. The largest absolute Gasteiger partial charge is 0.480 e. The van der Waals surface area contributed by atoms with Gasteiger partial charge in [-0.1, -0.05) is 36.4 Å². The summed E-state index contributed by atoms with van der Waals surface area (Å²) >= 11 is 0. The number of hydrogen-bond donors (Lipinski definition) is 2. The van der Waals surface area contributed by atoms with Crippen molar-refractivity contribution in [1.29, 1.82) is 0 Å². The second kappa shape index (κ2) is 7.40. The summed E-state index contributed by atoms with van der Waals surface area (Å²) in [6.45, 7) is 1.78. The van der Waals surface area contributed by atoms with Gasteiger partial charge >= 0.3 is 11.9 Å². The highest BCUT2D eigenvalue weighted by Gasteiger charge is 2.25. The minimum Gasteiger partial charge on any atom is -0.480 e. The Labute approximate surface area is 133 Å². The lowest BCUT2D eigenvalue weighted by Gasteiger charge is -2.14. The fourth-order valence-corrected chi connectivity index (χ4v) is 2.25. The van der Waals surface area contributed by atoms with E-state index in [1.54, 1.807) is 31.2 Å². The Morgan fingerprint density at radius 3 is 2.52 bits per heavy atom. The van der Waals surface area contributed by atoms with Gasteiger partial charge in [-0.25, -0.2) is 4.79 Å². The fraction of sp³-hybridized carbons (Fsp3) is 0.235. The molecule has 1 amide bonds. The van der Waals surface area contributed by atoms with Crippen LogP contribution in [0.2, 0.25) is 0 Å². The molecule has 0 aliphatic carbocycles. The van der Waals surface area contributed by atoms with E-state index in [1.807, 2.05) is 18.2 Å². The minimum atomic E-state index is -1.33. The van der Waals surface area contributed by atoms with Crippen LogP contribution in [0.1, 0.15) is 23.7 Å². The highest BCUT2D eigenvalue weighted by molar-refractivity contribution is 6.08. The van der Waals surface area contributed by atoms with Crippen LogP contribution in [-0.2, 0) is 14.3 Å². The molecule has 0 heterocycles. The van der Waals surface area contributed by atoms with E-state index in [-0.39, 0.29) is 6.61 Å². The molecule has 0 unspecified atom stereocenters. The van der Waals surface area contributed by atoms with Gasteiger partial charge in [0.1, 0.15) is 6.04 Å². The Morgan fingerprint density at radius 1 is 1.13 bits per heavy atom. The standard InChI is InChI=1S/C17H17NO5/c1-2-23-15(19)10-14(17(21)22)18-16(20)13-9-5-7-11-6-3-4-8-12(11)13/h3-9,14H,2,10H2,1H3,(H,18,20)(H,21,22)/t14-/m1/s1. The maximum Gasteiger partial charge on any atom is 0.326 e. The number of amides is 1. The zero-order valence-electron chi connectivity index (χ0n) is 12.6. The predicted molar refractivity (Wildman–Crippen MR) is 84.1 cm³/mol. The number of hydrogen-bond acceptors (Lipinski definition) is 4. The van der Waals surface area contributed by atoms with Crippen LogP contribution >= 0.6 is 0 Å². The number of benzene rings is 2. The first-order valence-corrected chi connectivity index (χ1v) is 7.20. The van der Waals surface area contributed by atoms with Crippen LogP contribution in [-0.4, -0.2) is 35.6 Å². The minimum absolute atomic E-state index is 0.155. The van der Waals surface area contributed by atoms with E-state index in [4.69, 9.17) is 4.74 Å². The second-order valence-electron chi connectivity index (χ2n) is 4.90. The molecule has 6 heteroatoms. The molecular formula is C17H17NO5. The van der Waals surface area contributed by atoms with E-state index in [9.17, 15) is 19.5 Å². The summed E-state index contributed by atoms with van der Waals surface area (Å²) in [6.07, 6.45) is -0.417. The normalized spacial score (nSPS) is 11.7. The number of esters is 1. The van der Waals surface area contributed by atoms with E-state index in [0.717, 1.165) is 5.39 Å². The van der Waals surface area contributed by atoms with Crippen molar-refractivity contribution in [3.05, 3.63) is 48.0 Å². The fourth-order valence-electron chi connectivity index (χ4n) is 2.25. The van der Waals surface area contributed by atoms with Crippen LogP contribution in [0.3, 0.4) is 0 Å². The lowest BCUT2D eigenvalue weighted by molar-refractivity contribution is -0.149. The van der Waals surface area contributed by atoms with Crippen LogP contribution in [0.5, 0.6) is 0 Å². The van der Waals surface area contributed by atoms with Crippen molar-refractivity contribution in [2.24, 2.45) is 0 Å². The summed E-state index contributed by atoms with van der Waals surface area (Å²) in [7, 11) is 0. The van der Waals surface area contributed by atoms with Gasteiger partial charge in [-0.2, -0.15) is 0 Å². The van der Waals surface area contributed by atoms with Gasteiger partial charge in [0.15, 0.2) is 0 Å². The third-order valence-corrected chi connectivity index (χ3v) is 3.31. The number of carbonyl (C=O) groups is 3. The van der Waals surface area contributed by atoms with E-state index in [2.05, 4.69) is 5.32 Å². The van der Waals surface area contributed by atoms with Crippen LogP contribution in [0.4, 0.5) is 0 Å². The molecule has 0 saturated carbocycles. The van der Waals surface area contributed by atoms with Gasteiger partial charge in [0.05, 0.1) is 13.0 Å². The maximum absolute atomic E-state index is 12.4. The summed E-state index contributed by atoms with van der Waals surface area (Å²) < 4.78 is 4.73. The number of carbonyl (C=O) groups excluding carboxylic acids is 2. The third kappa shape index (κ3) is 4.06. The van der Waals surface area contributed by atoms with Crippen molar-refractivity contribution in [3.63, 3.8) is 0 Å². The van der Waals surface area contributed by atoms with Crippen molar-refractivity contribution >= 4 is 28.6 Å². The highest BCUT2D eigenvalue weighted by atomic mass is 16.5. The number of carboxylic acid groups (broad SMARTS) is 1. The number of ether oxygens (including phenoxy) is 1. The van der Waals surface area contributed by atoms with Crippen molar-refractivity contribution < 1.29 is 24.2 Å². The van der Waals surface area contributed by atoms with Crippen LogP contribution in [0, 0.1) is 0 Å². The molecule has 6 nitrogen and oxygen atoms in total. The molecule has 0 saturated heterocycles. The predicted octanol–water partition coefficient (Wildman–Crippen LogP) is 1.98. The molecule has 0 aliphatic heterocycles. The topological polar surface area (TPSA) is 92.7 Å². The monoisotopic (exact) mass is 315 g/mol. The Hall–Kier alpha value is -2.89. The average molecular weight is 315 g/mol. The molecule has 0 radical (unpaired) electrons. The summed E-state index contributed by atoms with van der Waals surface area (Å²) in [5.41, 5.74) is 0.359. The molecular weight excluding hydrogens is 298 g/mol. The molecule has 0 spiro atoms. The number of nitrogens with one attached hydrogen (secondary N) is 1. The molecule has 0 fully saturated rings. The quantitative estimate of drug-likeness (QED) is 0.795. The average Bonchev–Trinajstić information content (AvgIpc) is 2.53. The van der Waals surface area contributed by atoms with Crippen LogP contribution in [0.25, 0.3) is 10.8 Å². The number of carboxylic acids is 1. The van der Waals surface area contributed by atoms with Crippen LogP contribution < -0.4 is 5.32 Å². The number of fused-ring (bicyclic) bond motifs is 1. The van der Waals surface area contributed by atoms with E-state index in [1.165, 1.54) is 0 Å². The highest BCUT2D eigenvalue weighted by Crippen LogP contribution is 2.18. The van der Waals surface area contributed by atoms with Gasteiger partial charge in [0.2, 0.25) is 0 Å². The summed E-state index contributed by atoms with van der Waals surface area (Å²) in [6, 6.07) is 11.2. The van der Waals surface area contributed by atoms with Crippen molar-refractivity contribution in [3.8, 4) is 0 Å². The molecule has 2 N–H and O–H groups in total. The van der Waals surface area contributed by atoms with Gasteiger partial charge < -0.3 is 15.2 Å². The van der Waals surface area contributed by atoms with Crippen LogP contribution in [0.15, 0.2) is 42.5 Å². The third-order valence-electron chi connectivity index (χ3n) is 3.31. The van der Waals surface area contributed by atoms with Crippen molar-refractivity contribution in [1.82, 2.24) is 5.32 Å². The van der Waals surface area contributed by atoms with Gasteiger partial charge in [-0.05, 0) is 23.8 Å². The lowest BCUT2D eigenvalue weighted by atomic mass is 10.0. The van der Waals surface area contributed by atoms with E-state index in [0.29, 0.717) is 10.9 Å². The second-order valence-corrected chi connectivity index (χ2v) is 4.90. The van der Waals surface area contributed by atoms with Crippen molar-refractivity contribution in [2.45, 2.75) is 19.4 Å². The molecule has 2 aromatic carbocycles. The van der Waals surface area contributed by atoms with Gasteiger partial charge in [-0.3, -0.25) is 9.59 Å². The molecule has 2 rings (SSSR count). The Kier molecular flexibility index (Phi) is 5.30. The maximum atomic E-state index is 12.4. The lowest BCUT2D eigenvalue weighted by Crippen LogP contribution is -2.42. The zero-order valence-corrected chi connectivity index (χ0v) is 12.6. The number of aliphatic carboxylic acids is 1. The Morgan fingerprint density at radius 2 is 1.83 bits per heavy atom. The smallest absolute Gasteiger partial charge is 0.326 e. The van der Waals surface area contributed by atoms with Crippen molar-refractivity contribution in [2.75, 3.05) is 6.61 Å². The first kappa shape index (κ1) is 16.5. The van der Waals surface area contributed by atoms with Gasteiger partial charge in [0, 0.05) is 5.56 Å². The van der Waals surface area contributed by atoms with Gasteiger partial charge in [-0.15, -0.1) is 0 Å². The first-order chi connectivity index (χ1) is 11.0. The summed E-state index contributed by atoms with van der Waals surface area (Å²) in [5, 5.41) is 13.1. The van der Waals surface area contributed by atoms with E-state index >= 15 is 0 Å². The summed E-state index contributed by atoms with van der Waals surface area (Å²) in [4.78, 5) is 35.1. The summed E-state index contributed by atoms with van der Waals surface area (Å²) in [5.74, 6) is -2.50.